The molecule has 19 heavy (non-hydrogen) atoms. The topological polar surface area (TPSA) is 35.6 Å². The summed E-state index contributed by atoms with van der Waals surface area (Å²) in [5.41, 5.74) is 0. The normalized spacial score (nSPS) is 22.2. The molecule has 0 bridgehead atoms. The third kappa shape index (κ3) is 5.11. The average Bonchev–Trinajstić information content (AvgIpc) is 2.42. The third-order valence-electron chi connectivity index (χ3n) is 4.05. The van der Waals surface area contributed by atoms with Crippen molar-refractivity contribution in [2.45, 2.75) is 58.0 Å². The van der Waals surface area contributed by atoms with Crippen LogP contribution >= 0.6 is 0 Å². The van der Waals surface area contributed by atoms with E-state index in [1.165, 1.54) is 32.1 Å². The standard InChI is InChI=1S/C15H31N3O/c1-5-6-7-8-9-13(2)18-11-10-16-12-14(18)15(19)17(3)4/h13-14,16H,5-12H2,1-4H3. The fourth-order valence-corrected chi connectivity index (χ4v) is 2.81. The summed E-state index contributed by atoms with van der Waals surface area (Å²) in [5, 5.41) is 3.34. The second-order valence-electron chi connectivity index (χ2n) is 5.89. The van der Waals surface area contributed by atoms with E-state index in [9.17, 15) is 4.79 Å². The van der Waals surface area contributed by atoms with E-state index in [-0.39, 0.29) is 11.9 Å². The molecular weight excluding hydrogens is 238 g/mol. The van der Waals surface area contributed by atoms with Crippen LogP contribution in [-0.2, 0) is 4.79 Å². The number of nitrogens with one attached hydrogen (secondary N) is 1. The molecule has 4 heteroatoms. The van der Waals surface area contributed by atoms with Crippen molar-refractivity contribution in [3.63, 3.8) is 0 Å². The quantitative estimate of drug-likeness (QED) is 0.715. The van der Waals surface area contributed by atoms with E-state index in [1.54, 1.807) is 4.90 Å². The van der Waals surface area contributed by atoms with Crippen LogP contribution in [0.2, 0.25) is 0 Å². The van der Waals surface area contributed by atoms with Gasteiger partial charge in [-0.2, -0.15) is 0 Å². The molecule has 2 unspecified atom stereocenters. The molecule has 0 saturated carbocycles. The molecule has 1 heterocycles. The Balaban J connectivity index is 2.48. The number of unbranched alkanes of at least 4 members (excludes halogenated alkanes) is 3. The van der Waals surface area contributed by atoms with Crippen molar-refractivity contribution in [3.8, 4) is 0 Å². The summed E-state index contributed by atoms with van der Waals surface area (Å²) in [6.45, 7) is 7.28. The largest absolute Gasteiger partial charge is 0.347 e. The maximum Gasteiger partial charge on any atom is 0.240 e. The first-order valence-corrected chi connectivity index (χ1v) is 7.75. The number of carbonyl (C=O) groups excluding carboxylic acids is 1. The van der Waals surface area contributed by atoms with Gasteiger partial charge in [-0.3, -0.25) is 9.69 Å². The summed E-state index contributed by atoms with van der Waals surface area (Å²) in [6.07, 6.45) is 6.41. The number of hydrogen-bond acceptors (Lipinski definition) is 3. The van der Waals surface area contributed by atoms with Gasteiger partial charge in [-0.25, -0.2) is 0 Å². The van der Waals surface area contributed by atoms with Crippen molar-refractivity contribution in [2.24, 2.45) is 0 Å². The molecule has 1 aliphatic rings. The predicted octanol–water partition coefficient (Wildman–Crippen LogP) is 1.71. The van der Waals surface area contributed by atoms with Crippen molar-refractivity contribution in [1.82, 2.24) is 15.1 Å². The van der Waals surface area contributed by atoms with E-state index in [2.05, 4.69) is 24.1 Å². The predicted molar refractivity (Wildman–Crippen MR) is 80.3 cm³/mol. The fraction of sp³-hybridized carbons (Fsp3) is 0.933. The van der Waals surface area contributed by atoms with E-state index in [4.69, 9.17) is 0 Å². The molecule has 0 aliphatic carbocycles. The van der Waals surface area contributed by atoms with Crippen LogP contribution in [0.15, 0.2) is 0 Å². The van der Waals surface area contributed by atoms with Crippen LogP contribution in [0.1, 0.15) is 46.0 Å². The highest BCUT2D eigenvalue weighted by atomic mass is 16.2. The molecule has 1 aliphatic heterocycles. The lowest BCUT2D eigenvalue weighted by atomic mass is 10.0. The van der Waals surface area contributed by atoms with Gasteiger partial charge >= 0.3 is 0 Å². The summed E-state index contributed by atoms with van der Waals surface area (Å²) in [5.74, 6) is 0.229. The van der Waals surface area contributed by atoms with Crippen LogP contribution in [0.25, 0.3) is 0 Å². The molecule has 1 amide bonds. The van der Waals surface area contributed by atoms with Gasteiger partial charge in [0.05, 0.1) is 0 Å². The lowest BCUT2D eigenvalue weighted by molar-refractivity contribution is -0.136. The monoisotopic (exact) mass is 269 g/mol. The highest BCUT2D eigenvalue weighted by Crippen LogP contribution is 2.16. The van der Waals surface area contributed by atoms with E-state index in [0.29, 0.717) is 6.04 Å². The zero-order chi connectivity index (χ0) is 14.3. The van der Waals surface area contributed by atoms with E-state index < -0.39 is 0 Å². The number of piperazine rings is 1. The molecule has 2 atom stereocenters. The Morgan fingerprint density at radius 1 is 1.37 bits per heavy atom. The zero-order valence-electron chi connectivity index (χ0n) is 13.1. The summed E-state index contributed by atoms with van der Waals surface area (Å²) in [4.78, 5) is 16.3. The average molecular weight is 269 g/mol. The van der Waals surface area contributed by atoms with Crippen molar-refractivity contribution >= 4 is 5.91 Å². The van der Waals surface area contributed by atoms with Gasteiger partial charge in [-0.15, -0.1) is 0 Å². The van der Waals surface area contributed by atoms with Gasteiger partial charge in [0, 0.05) is 39.8 Å². The SMILES string of the molecule is CCCCCCC(C)N1CCNCC1C(=O)N(C)C. The van der Waals surface area contributed by atoms with Crippen molar-refractivity contribution in [2.75, 3.05) is 33.7 Å². The molecule has 0 aromatic heterocycles. The van der Waals surface area contributed by atoms with Crippen LogP contribution in [0.3, 0.4) is 0 Å². The molecule has 0 radical (unpaired) electrons. The molecule has 4 nitrogen and oxygen atoms in total. The van der Waals surface area contributed by atoms with E-state index in [0.717, 1.165) is 19.6 Å². The van der Waals surface area contributed by atoms with Gasteiger partial charge in [0.1, 0.15) is 6.04 Å². The minimum Gasteiger partial charge on any atom is -0.347 e. The van der Waals surface area contributed by atoms with Gasteiger partial charge < -0.3 is 10.2 Å². The molecule has 1 fully saturated rings. The second kappa shape index (κ2) is 8.54. The van der Waals surface area contributed by atoms with E-state index in [1.807, 2.05) is 14.1 Å². The van der Waals surface area contributed by atoms with Gasteiger partial charge in [0.2, 0.25) is 5.91 Å². The Bertz CT molecular complexity index is 268. The molecular formula is C15H31N3O. The zero-order valence-corrected chi connectivity index (χ0v) is 13.1. The summed E-state index contributed by atoms with van der Waals surface area (Å²) in [7, 11) is 3.70. The number of hydrogen-bond donors (Lipinski definition) is 1. The van der Waals surface area contributed by atoms with Gasteiger partial charge in [-0.05, 0) is 13.3 Å². The summed E-state index contributed by atoms with van der Waals surface area (Å²) >= 11 is 0. The van der Waals surface area contributed by atoms with Crippen LogP contribution in [-0.4, -0.2) is 61.5 Å². The Labute approximate surface area is 118 Å². The number of rotatable bonds is 7. The minimum absolute atomic E-state index is 0.0184. The van der Waals surface area contributed by atoms with Gasteiger partial charge in [0.15, 0.2) is 0 Å². The molecule has 0 spiro atoms. The van der Waals surface area contributed by atoms with Crippen LogP contribution in [0, 0.1) is 0 Å². The summed E-state index contributed by atoms with van der Waals surface area (Å²) < 4.78 is 0. The lowest BCUT2D eigenvalue weighted by Crippen LogP contribution is -2.59. The maximum absolute atomic E-state index is 12.2. The smallest absolute Gasteiger partial charge is 0.240 e. The first-order chi connectivity index (χ1) is 9.07. The summed E-state index contributed by atoms with van der Waals surface area (Å²) in [6, 6.07) is 0.526. The molecule has 1 N–H and O–H groups in total. The lowest BCUT2D eigenvalue weighted by Gasteiger charge is -2.40. The third-order valence-corrected chi connectivity index (χ3v) is 4.05. The van der Waals surface area contributed by atoms with Crippen LogP contribution in [0.5, 0.6) is 0 Å². The Morgan fingerprint density at radius 3 is 2.74 bits per heavy atom. The van der Waals surface area contributed by atoms with Crippen LogP contribution in [0.4, 0.5) is 0 Å². The molecule has 0 aromatic carbocycles. The Hall–Kier alpha value is -0.610. The van der Waals surface area contributed by atoms with Gasteiger partial charge in [-0.1, -0.05) is 32.6 Å². The minimum atomic E-state index is 0.0184. The van der Waals surface area contributed by atoms with E-state index >= 15 is 0 Å². The Morgan fingerprint density at radius 2 is 2.11 bits per heavy atom. The Kier molecular flexibility index (Phi) is 7.39. The first-order valence-electron chi connectivity index (χ1n) is 7.75. The van der Waals surface area contributed by atoms with Crippen molar-refractivity contribution in [3.05, 3.63) is 0 Å². The van der Waals surface area contributed by atoms with Crippen molar-refractivity contribution < 1.29 is 4.79 Å². The molecule has 0 aromatic rings. The highest BCUT2D eigenvalue weighted by molar-refractivity contribution is 5.81. The number of amides is 1. The molecule has 1 saturated heterocycles. The number of likely N-dealkylation sites (N-methyl/N-ethyl adjacent to an activating group) is 1. The number of nitrogens with zero attached hydrogens (tertiary/aromatic N) is 2. The molecule has 112 valence electrons. The van der Waals surface area contributed by atoms with Crippen molar-refractivity contribution in [1.29, 1.82) is 0 Å². The number of carbonyl (C=O) groups is 1. The first kappa shape index (κ1) is 16.4. The second-order valence-corrected chi connectivity index (χ2v) is 5.89. The fourth-order valence-electron chi connectivity index (χ4n) is 2.81. The van der Waals surface area contributed by atoms with Gasteiger partial charge in [0.25, 0.3) is 0 Å². The maximum atomic E-state index is 12.2. The van der Waals surface area contributed by atoms with Crippen LogP contribution < -0.4 is 5.32 Å². The molecule has 1 rings (SSSR count). The highest BCUT2D eigenvalue weighted by Gasteiger charge is 2.32.